The Kier molecular flexibility index (Phi) is 8.97. The highest BCUT2D eigenvalue weighted by atomic mass is 79.9. The first-order valence-corrected chi connectivity index (χ1v) is 11.0. The molecule has 0 N–H and O–H groups in total. The second-order valence-electron chi connectivity index (χ2n) is 6.62. The number of nitrogens with zero attached hydrogens (tertiary/aromatic N) is 2. The molecule has 0 saturated heterocycles. The number of aryl methyl sites for hydroxylation is 1. The largest absolute Gasteiger partial charge is 0.488 e. The maximum atomic E-state index is 6.12. The van der Waals surface area contributed by atoms with Crippen molar-refractivity contribution in [2.24, 2.45) is 0 Å². The van der Waals surface area contributed by atoms with E-state index in [2.05, 4.69) is 90.7 Å². The van der Waals surface area contributed by atoms with E-state index in [1.165, 1.54) is 5.56 Å². The van der Waals surface area contributed by atoms with Gasteiger partial charge in [0.1, 0.15) is 24.7 Å². The van der Waals surface area contributed by atoms with Crippen LogP contribution in [0.15, 0.2) is 40.9 Å². The number of hydrogen-bond donors (Lipinski definition) is 0. The minimum atomic E-state index is 0.496. The SMILES string of the molecule is CCN(CC)c1ccc(C)cc1OCCOc1cc(Br)ccc1N(CC)CC. The summed E-state index contributed by atoms with van der Waals surface area (Å²) in [4.78, 5) is 4.60. The molecular weight excluding hydrogens is 416 g/mol. The van der Waals surface area contributed by atoms with Crippen molar-refractivity contribution in [3.63, 3.8) is 0 Å². The molecule has 0 radical (unpaired) electrons. The van der Waals surface area contributed by atoms with Gasteiger partial charge in [-0.1, -0.05) is 22.0 Å². The minimum Gasteiger partial charge on any atom is -0.488 e. The Hall–Kier alpha value is -1.88. The van der Waals surface area contributed by atoms with Gasteiger partial charge >= 0.3 is 0 Å². The van der Waals surface area contributed by atoms with Crippen LogP contribution >= 0.6 is 15.9 Å². The van der Waals surface area contributed by atoms with Crippen LogP contribution in [-0.2, 0) is 0 Å². The van der Waals surface area contributed by atoms with Crippen molar-refractivity contribution in [1.29, 1.82) is 0 Å². The molecule has 0 heterocycles. The summed E-state index contributed by atoms with van der Waals surface area (Å²) in [5.74, 6) is 1.81. The molecule has 28 heavy (non-hydrogen) atoms. The lowest BCUT2D eigenvalue weighted by atomic mass is 10.2. The molecule has 2 aromatic rings. The Bertz CT molecular complexity index is 680. The number of ether oxygens (including phenoxy) is 2. The van der Waals surface area contributed by atoms with Crippen molar-refractivity contribution in [3.8, 4) is 11.5 Å². The summed E-state index contributed by atoms with van der Waals surface area (Å²) in [5.41, 5.74) is 3.46. The molecule has 0 spiro atoms. The van der Waals surface area contributed by atoms with Gasteiger partial charge in [0.2, 0.25) is 0 Å². The third-order valence-corrected chi connectivity index (χ3v) is 5.34. The van der Waals surface area contributed by atoms with Gasteiger partial charge < -0.3 is 19.3 Å². The minimum absolute atomic E-state index is 0.496. The van der Waals surface area contributed by atoms with Crippen LogP contribution in [0.3, 0.4) is 0 Å². The van der Waals surface area contributed by atoms with Crippen molar-refractivity contribution in [2.75, 3.05) is 49.2 Å². The highest BCUT2D eigenvalue weighted by Gasteiger charge is 2.12. The van der Waals surface area contributed by atoms with E-state index in [1.807, 2.05) is 6.07 Å². The predicted octanol–water partition coefficient (Wildman–Crippen LogP) is 5.91. The first-order valence-electron chi connectivity index (χ1n) is 10.2. The molecule has 154 valence electrons. The summed E-state index contributed by atoms with van der Waals surface area (Å²) >= 11 is 3.55. The maximum Gasteiger partial charge on any atom is 0.143 e. The van der Waals surface area contributed by atoms with E-state index in [4.69, 9.17) is 9.47 Å². The van der Waals surface area contributed by atoms with E-state index in [1.54, 1.807) is 0 Å². The smallest absolute Gasteiger partial charge is 0.143 e. The molecule has 0 bridgehead atoms. The lowest BCUT2D eigenvalue weighted by molar-refractivity contribution is 0.217. The van der Waals surface area contributed by atoms with Gasteiger partial charge in [-0.05, 0) is 70.5 Å². The van der Waals surface area contributed by atoms with Crippen LogP contribution in [0.4, 0.5) is 11.4 Å². The maximum absolute atomic E-state index is 6.12. The Morgan fingerprint density at radius 1 is 0.714 bits per heavy atom. The Balaban J connectivity index is 2.06. The summed E-state index contributed by atoms with van der Waals surface area (Å²) in [5, 5.41) is 0. The predicted molar refractivity (Wildman–Crippen MR) is 123 cm³/mol. The second kappa shape index (κ2) is 11.2. The van der Waals surface area contributed by atoms with Crippen LogP contribution in [-0.4, -0.2) is 39.4 Å². The molecule has 0 unspecified atom stereocenters. The number of halogens is 1. The van der Waals surface area contributed by atoms with Crippen LogP contribution in [0.1, 0.15) is 33.3 Å². The van der Waals surface area contributed by atoms with E-state index in [9.17, 15) is 0 Å². The van der Waals surface area contributed by atoms with Crippen molar-refractivity contribution >= 4 is 27.3 Å². The van der Waals surface area contributed by atoms with Crippen LogP contribution in [0.25, 0.3) is 0 Å². The zero-order valence-corrected chi connectivity index (χ0v) is 19.4. The molecule has 0 atom stereocenters. The van der Waals surface area contributed by atoms with E-state index >= 15 is 0 Å². The van der Waals surface area contributed by atoms with E-state index in [0.29, 0.717) is 13.2 Å². The first-order chi connectivity index (χ1) is 13.5. The zero-order valence-electron chi connectivity index (χ0n) is 17.8. The molecule has 0 amide bonds. The fourth-order valence-electron chi connectivity index (χ4n) is 3.29. The Morgan fingerprint density at radius 2 is 1.18 bits per heavy atom. The Morgan fingerprint density at radius 3 is 1.68 bits per heavy atom. The van der Waals surface area contributed by atoms with Gasteiger partial charge in [-0.25, -0.2) is 0 Å². The lowest BCUT2D eigenvalue weighted by Gasteiger charge is -2.25. The normalized spacial score (nSPS) is 10.6. The molecule has 0 saturated carbocycles. The highest BCUT2D eigenvalue weighted by Crippen LogP contribution is 2.32. The van der Waals surface area contributed by atoms with Gasteiger partial charge in [-0.2, -0.15) is 0 Å². The van der Waals surface area contributed by atoms with Gasteiger partial charge in [0.15, 0.2) is 0 Å². The van der Waals surface area contributed by atoms with Crippen LogP contribution < -0.4 is 19.3 Å². The van der Waals surface area contributed by atoms with Crippen LogP contribution in [0, 0.1) is 6.92 Å². The van der Waals surface area contributed by atoms with Crippen molar-refractivity contribution in [1.82, 2.24) is 0 Å². The summed E-state index contributed by atoms with van der Waals surface area (Å²) in [6, 6.07) is 12.6. The first kappa shape index (κ1) is 22.4. The molecule has 0 aliphatic heterocycles. The third kappa shape index (κ3) is 5.81. The van der Waals surface area contributed by atoms with E-state index in [-0.39, 0.29) is 0 Å². The zero-order chi connectivity index (χ0) is 20.5. The number of anilines is 2. The standard InChI is InChI=1S/C23H33BrN2O2/c1-6-25(7-2)20-12-10-18(5)16-22(20)27-14-15-28-23-17-19(24)11-13-21(23)26(8-3)9-4/h10-13,16-17H,6-9,14-15H2,1-5H3. The van der Waals surface area contributed by atoms with Crippen molar-refractivity contribution < 1.29 is 9.47 Å². The third-order valence-electron chi connectivity index (χ3n) is 4.84. The van der Waals surface area contributed by atoms with Gasteiger partial charge in [0.05, 0.1) is 11.4 Å². The summed E-state index contributed by atoms with van der Waals surface area (Å²) < 4.78 is 13.2. The molecular formula is C23H33BrN2O2. The fourth-order valence-corrected chi connectivity index (χ4v) is 3.63. The average molecular weight is 449 g/mol. The fraction of sp³-hybridized carbons (Fsp3) is 0.478. The monoisotopic (exact) mass is 448 g/mol. The van der Waals surface area contributed by atoms with Crippen LogP contribution in [0.2, 0.25) is 0 Å². The molecule has 2 rings (SSSR count). The molecule has 0 aromatic heterocycles. The number of rotatable bonds is 11. The van der Waals surface area contributed by atoms with E-state index in [0.717, 1.165) is 53.5 Å². The molecule has 0 aliphatic carbocycles. The van der Waals surface area contributed by atoms with Gasteiger partial charge in [0, 0.05) is 30.7 Å². The quantitative estimate of drug-likeness (QED) is 0.399. The molecule has 0 aliphatic rings. The topological polar surface area (TPSA) is 24.9 Å². The Labute approximate surface area is 178 Å². The van der Waals surface area contributed by atoms with Gasteiger partial charge in [-0.15, -0.1) is 0 Å². The number of hydrogen-bond acceptors (Lipinski definition) is 4. The van der Waals surface area contributed by atoms with Crippen LogP contribution in [0.5, 0.6) is 11.5 Å². The molecule has 4 nitrogen and oxygen atoms in total. The van der Waals surface area contributed by atoms with E-state index < -0.39 is 0 Å². The van der Waals surface area contributed by atoms with Crippen molar-refractivity contribution in [2.45, 2.75) is 34.6 Å². The summed E-state index contributed by atoms with van der Waals surface area (Å²) in [6.07, 6.45) is 0. The average Bonchev–Trinajstić information content (AvgIpc) is 2.69. The highest BCUT2D eigenvalue weighted by molar-refractivity contribution is 9.10. The lowest BCUT2D eigenvalue weighted by Crippen LogP contribution is -2.23. The van der Waals surface area contributed by atoms with Gasteiger partial charge in [0.25, 0.3) is 0 Å². The summed E-state index contributed by atoms with van der Waals surface area (Å²) in [7, 11) is 0. The second-order valence-corrected chi connectivity index (χ2v) is 7.54. The summed E-state index contributed by atoms with van der Waals surface area (Å²) in [6.45, 7) is 15.5. The van der Waals surface area contributed by atoms with Gasteiger partial charge in [-0.3, -0.25) is 0 Å². The number of benzene rings is 2. The van der Waals surface area contributed by atoms with Crippen molar-refractivity contribution in [3.05, 3.63) is 46.4 Å². The molecule has 5 heteroatoms. The molecule has 0 fully saturated rings. The molecule has 2 aromatic carbocycles.